The summed E-state index contributed by atoms with van der Waals surface area (Å²) in [6.07, 6.45) is 0.0717. The SMILES string of the molecule is Cc1nc(C)c(C(=O)N2CCOC(COC(C)C)C2)nc1C. The third-order valence-corrected chi connectivity index (χ3v) is 3.73. The van der Waals surface area contributed by atoms with Crippen LogP contribution in [-0.4, -0.2) is 59.3 Å². The number of morpholine rings is 1. The largest absolute Gasteiger partial charge is 0.376 e. The highest BCUT2D eigenvalue weighted by Crippen LogP contribution is 2.14. The molecule has 1 fully saturated rings. The van der Waals surface area contributed by atoms with Crippen molar-refractivity contribution in [3.8, 4) is 0 Å². The molecule has 2 rings (SSSR count). The van der Waals surface area contributed by atoms with Gasteiger partial charge in [0.25, 0.3) is 5.91 Å². The molecule has 2 heterocycles. The van der Waals surface area contributed by atoms with Gasteiger partial charge in [0, 0.05) is 13.1 Å². The first-order chi connectivity index (χ1) is 10.4. The van der Waals surface area contributed by atoms with Crippen LogP contribution in [0.1, 0.15) is 41.4 Å². The van der Waals surface area contributed by atoms with E-state index in [4.69, 9.17) is 9.47 Å². The van der Waals surface area contributed by atoms with Gasteiger partial charge >= 0.3 is 0 Å². The van der Waals surface area contributed by atoms with Gasteiger partial charge in [-0.1, -0.05) is 0 Å². The van der Waals surface area contributed by atoms with Gasteiger partial charge in [0.15, 0.2) is 0 Å². The molecule has 0 saturated carbocycles. The van der Waals surface area contributed by atoms with E-state index in [1.54, 1.807) is 4.90 Å². The number of hydrogen-bond acceptors (Lipinski definition) is 5. The Morgan fingerprint density at radius 1 is 1.27 bits per heavy atom. The lowest BCUT2D eigenvalue weighted by molar-refractivity contribution is -0.0726. The molecule has 6 heteroatoms. The number of amides is 1. The molecule has 0 aromatic carbocycles. The summed E-state index contributed by atoms with van der Waals surface area (Å²) < 4.78 is 11.2. The van der Waals surface area contributed by atoms with Gasteiger partial charge in [0.1, 0.15) is 5.69 Å². The normalized spacial score (nSPS) is 18.8. The topological polar surface area (TPSA) is 64.6 Å². The molecule has 6 nitrogen and oxygen atoms in total. The molecule has 22 heavy (non-hydrogen) atoms. The molecule has 0 bridgehead atoms. The summed E-state index contributed by atoms with van der Waals surface area (Å²) >= 11 is 0. The Morgan fingerprint density at radius 3 is 2.64 bits per heavy atom. The van der Waals surface area contributed by atoms with Gasteiger partial charge in [0.05, 0.1) is 42.5 Å². The molecule has 0 N–H and O–H groups in total. The Hall–Kier alpha value is -1.53. The molecule has 1 aliphatic heterocycles. The van der Waals surface area contributed by atoms with Gasteiger partial charge in [-0.15, -0.1) is 0 Å². The summed E-state index contributed by atoms with van der Waals surface area (Å²) in [5.41, 5.74) is 2.77. The fourth-order valence-corrected chi connectivity index (χ4v) is 2.37. The highest BCUT2D eigenvalue weighted by atomic mass is 16.5. The number of carbonyl (C=O) groups excluding carboxylic acids is 1. The zero-order valence-electron chi connectivity index (χ0n) is 14.0. The van der Waals surface area contributed by atoms with Gasteiger partial charge < -0.3 is 14.4 Å². The van der Waals surface area contributed by atoms with E-state index < -0.39 is 0 Å². The van der Waals surface area contributed by atoms with Crippen molar-refractivity contribution >= 4 is 5.91 Å². The van der Waals surface area contributed by atoms with Crippen molar-refractivity contribution < 1.29 is 14.3 Å². The molecule has 1 aromatic rings. The van der Waals surface area contributed by atoms with E-state index in [0.29, 0.717) is 37.7 Å². The molecule has 0 spiro atoms. The van der Waals surface area contributed by atoms with Crippen LogP contribution in [0.25, 0.3) is 0 Å². The molecule has 0 radical (unpaired) electrons. The Morgan fingerprint density at radius 2 is 1.95 bits per heavy atom. The van der Waals surface area contributed by atoms with E-state index in [9.17, 15) is 4.79 Å². The second-order valence-electron chi connectivity index (χ2n) is 5.95. The van der Waals surface area contributed by atoms with Crippen molar-refractivity contribution in [3.63, 3.8) is 0 Å². The van der Waals surface area contributed by atoms with Crippen LogP contribution in [0.15, 0.2) is 0 Å². The molecule has 1 atom stereocenters. The fourth-order valence-electron chi connectivity index (χ4n) is 2.37. The van der Waals surface area contributed by atoms with Crippen molar-refractivity contribution in [2.24, 2.45) is 0 Å². The quantitative estimate of drug-likeness (QED) is 0.846. The van der Waals surface area contributed by atoms with E-state index in [-0.39, 0.29) is 18.1 Å². The predicted molar refractivity (Wildman–Crippen MR) is 83.0 cm³/mol. The Labute approximate surface area is 131 Å². The minimum Gasteiger partial charge on any atom is -0.376 e. The van der Waals surface area contributed by atoms with Crippen LogP contribution in [0.2, 0.25) is 0 Å². The van der Waals surface area contributed by atoms with Crippen molar-refractivity contribution in [3.05, 3.63) is 22.8 Å². The summed E-state index contributed by atoms with van der Waals surface area (Å²) in [4.78, 5) is 23.3. The maximum Gasteiger partial charge on any atom is 0.274 e. The standard InChI is InChI=1S/C16H25N3O3/c1-10(2)22-9-14-8-19(6-7-21-14)16(20)15-13(5)17-11(3)12(4)18-15/h10,14H,6-9H2,1-5H3. The molecule has 1 saturated heterocycles. The number of hydrogen-bond donors (Lipinski definition) is 0. The van der Waals surface area contributed by atoms with Crippen LogP contribution in [0.3, 0.4) is 0 Å². The van der Waals surface area contributed by atoms with Crippen molar-refractivity contribution in [2.75, 3.05) is 26.3 Å². The van der Waals surface area contributed by atoms with Crippen molar-refractivity contribution in [1.82, 2.24) is 14.9 Å². The van der Waals surface area contributed by atoms with E-state index in [1.165, 1.54) is 0 Å². The van der Waals surface area contributed by atoms with Gasteiger partial charge in [-0.2, -0.15) is 0 Å². The predicted octanol–water partition coefficient (Wildman–Crippen LogP) is 1.67. The lowest BCUT2D eigenvalue weighted by atomic mass is 10.2. The molecule has 122 valence electrons. The monoisotopic (exact) mass is 307 g/mol. The van der Waals surface area contributed by atoms with E-state index >= 15 is 0 Å². The van der Waals surface area contributed by atoms with Crippen LogP contribution < -0.4 is 0 Å². The molecule has 1 aromatic heterocycles. The minimum atomic E-state index is -0.0834. The molecule has 1 unspecified atom stereocenters. The maximum atomic E-state index is 12.7. The minimum absolute atomic E-state index is 0.0778. The van der Waals surface area contributed by atoms with E-state index in [0.717, 1.165) is 11.4 Å². The van der Waals surface area contributed by atoms with Crippen molar-refractivity contribution in [1.29, 1.82) is 0 Å². The average Bonchev–Trinajstić information content (AvgIpc) is 2.48. The second-order valence-corrected chi connectivity index (χ2v) is 5.95. The number of carbonyl (C=O) groups is 1. The summed E-state index contributed by atoms with van der Waals surface area (Å²) in [6, 6.07) is 0. The van der Waals surface area contributed by atoms with Gasteiger partial charge in [-0.3, -0.25) is 9.78 Å². The molecule has 1 aliphatic rings. The third kappa shape index (κ3) is 4.01. The van der Waals surface area contributed by atoms with Crippen LogP contribution in [0.4, 0.5) is 0 Å². The first kappa shape index (κ1) is 16.8. The Balaban J connectivity index is 2.07. The smallest absolute Gasteiger partial charge is 0.274 e. The zero-order chi connectivity index (χ0) is 16.3. The molecular weight excluding hydrogens is 282 g/mol. The number of rotatable bonds is 4. The summed E-state index contributed by atoms with van der Waals surface area (Å²) in [6.45, 7) is 11.7. The van der Waals surface area contributed by atoms with Crippen molar-refractivity contribution in [2.45, 2.75) is 46.8 Å². The fraction of sp³-hybridized carbons (Fsp3) is 0.688. The Kier molecular flexibility index (Phi) is 5.47. The number of aromatic nitrogens is 2. The van der Waals surface area contributed by atoms with Gasteiger partial charge in [0.2, 0.25) is 0 Å². The molecule has 0 aliphatic carbocycles. The summed E-state index contributed by atoms with van der Waals surface area (Å²) in [5, 5.41) is 0. The molecule has 1 amide bonds. The summed E-state index contributed by atoms with van der Waals surface area (Å²) in [5.74, 6) is -0.0778. The highest BCUT2D eigenvalue weighted by molar-refractivity contribution is 5.93. The van der Waals surface area contributed by atoms with E-state index in [2.05, 4.69) is 9.97 Å². The number of ether oxygens (including phenoxy) is 2. The van der Waals surface area contributed by atoms with Crippen LogP contribution in [0, 0.1) is 20.8 Å². The van der Waals surface area contributed by atoms with Gasteiger partial charge in [-0.05, 0) is 34.6 Å². The maximum absolute atomic E-state index is 12.7. The highest BCUT2D eigenvalue weighted by Gasteiger charge is 2.27. The number of nitrogens with zero attached hydrogens (tertiary/aromatic N) is 3. The first-order valence-corrected chi connectivity index (χ1v) is 7.72. The lowest BCUT2D eigenvalue weighted by Gasteiger charge is -2.33. The second kappa shape index (κ2) is 7.15. The van der Waals surface area contributed by atoms with Crippen LogP contribution in [0.5, 0.6) is 0 Å². The molecular formula is C16H25N3O3. The Bertz CT molecular complexity index is 546. The van der Waals surface area contributed by atoms with Crippen LogP contribution >= 0.6 is 0 Å². The summed E-state index contributed by atoms with van der Waals surface area (Å²) in [7, 11) is 0. The van der Waals surface area contributed by atoms with E-state index in [1.807, 2.05) is 34.6 Å². The first-order valence-electron chi connectivity index (χ1n) is 7.72. The number of aryl methyl sites for hydroxylation is 3. The third-order valence-electron chi connectivity index (χ3n) is 3.73. The zero-order valence-corrected chi connectivity index (χ0v) is 14.0. The van der Waals surface area contributed by atoms with Crippen LogP contribution in [-0.2, 0) is 9.47 Å². The lowest BCUT2D eigenvalue weighted by Crippen LogP contribution is -2.47. The van der Waals surface area contributed by atoms with Gasteiger partial charge in [-0.25, -0.2) is 4.98 Å². The average molecular weight is 307 g/mol.